The number of rotatable bonds is 12. The van der Waals surface area contributed by atoms with E-state index in [1.165, 1.54) is 41.2 Å². The van der Waals surface area contributed by atoms with Crippen molar-refractivity contribution in [2.75, 3.05) is 36.3 Å². The Labute approximate surface area is 279 Å². The fourth-order valence-electron chi connectivity index (χ4n) is 5.37. The highest BCUT2D eigenvalue weighted by molar-refractivity contribution is 7.99. The van der Waals surface area contributed by atoms with E-state index in [-0.39, 0.29) is 29.2 Å². The molecule has 9 N–H and O–H groups in total. The quantitative estimate of drug-likeness (QED) is 0.0775. The second kappa shape index (κ2) is 14.3. The van der Waals surface area contributed by atoms with Crippen LogP contribution >= 0.6 is 27.4 Å². The number of fused-ring (bicyclic) bond motifs is 1. The molecule has 3 aromatic heterocycles. The number of carbonyl (C=O) groups is 1. The molecule has 0 radical (unpaired) electrons. The Bertz CT molecular complexity index is 1840. The van der Waals surface area contributed by atoms with Crippen LogP contribution in [0.15, 0.2) is 29.7 Å². The fraction of sp³-hybridized carbons (Fsp3) is 0.565. The Morgan fingerprint density at radius 3 is 2.59 bits per heavy atom. The summed E-state index contributed by atoms with van der Waals surface area (Å²) in [6, 6.07) is 0.612. The first-order valence-corrected chi connectivity index (χ1v) is 18.5. The minimum Gasteiger partial charge on any atom is -0.455 e. The molecule has 0 spiro atoms. The number of phosphoric acid groups is 2. The minimum atomic E-state index is -5.09. The van der Waals surface area contributed by atoms with Gasteiger partial charge >= 0.3 is 27.3 Å². The van der Waals surface area contributed by atoms with Crippen LogP contribution in [0.3, 0.4) is 0 Å². The molecule has 3 aliphatic rings. The monoisotopic (exact) mass is 751 g/mol. The minimum absolute atomic E-state index is 0.0578. The van der Waals surface area contributed by atoms with Crippen LogP contribution in [0.1, 0.15) is 18.9 Å². The molecule has 26 heteroatoms. The van der Waals surface area contributed by atoms with Crippen LogP contribution in [0.2, 0.25) is 0 Å². The number of nitrogens with zero attached hydrogens (tertiary/aromatic N) is 6. The van der Waals surface area contributed by atoms with Gasteiger partial charge in [0, 0.05) is 24.2 Å². The van der Waals surface area contributed by atoms with E-state index >= 15 is 0 Å². The normalized spacial score (nSPS) is 30.1. The molecule has 0 aliphatic carbocycles. The Morgan fingerprint density at radius 2 is 1.88 bits per heavy atom. The van der Waals surface area contributed by atoms with Crippen molar-refractivity contribution in [2.45, 2.75) is 55.4 Å². The number of imidazole rings is 1. The number of phosphoric ester groups is 2. The van der Waals surface area contributed by atoms with E-state index in [1.807, 2.05) is 0 Å². The third kappa shape index (κ3) is 8.12. The molecule has 3 aromatic rings. The van der Waals surface area contributed by atoms with Gasteiger partial charge in [0.1, 0.15) is 54.3 Å². The molecule has 268 valence electrons. The van der Waals surface area contributed by atoms with Crippen molar-refractivity contribution in [1.82, 2.24) is 34.4 Å². The molecule has 3 fully saturated rings. The maximum Gasteiger partial charge on any atom is 0.472 e. The molecule has 0 aromatic carbocycles. The van der Waals surface area contributed by atoms with E-state index in [1.54, 1.807) is 0 Å². The Balaban J connectivity index is 1.19. The van der Waals surface area contributed by atoms with Crippen LogP contribution in [-0.2, 0) is 41.7 Å². The number of nitrogens with two attached hydrogens (primary N) is 2. The van der Waals surface area contributed by atoms with Crippen molar-refractivity contribution in [2.24, 2.45) is 0 Å². The van der Waals surface area contributed by atoms with Crippen molar-refractivity contribution in [3.05, 3.63) is 35.4 Å². The number of aliphatic hydroxyl groups is 1. The lowest BCUT2D eigenvalue weighted by Gasteiger charge is -2.24. The number of thioether (sulfide) groups is 1. The smallest absolute Gasteiger partial charge is 0.455 e. The Morgan fingerprint density at radius 1 is 1.10 bits per heavy atom. The fourth-order valence-corrected chi connectivity index (χ4v) is 7.59. The topological polar surface area (TPSA) is 330 Å². The van der Waals surface area contributed by atoms with E-state index in [9.17, 15) is 38.5 Å². The van der Waals surface area contributed by atoms with Crippen molar-refractivity contribution in [1.29, 1.82) is 0 Å². The average Bonchev–Trinajstić information content (AvgIpc) is 3.83. The van der Waals surface area contributed by atoms with Gasteiger partial charge in [-0.2, -0.15) is 4.98 Å². The summed E-state index contributed by atoms with van der Waals surface area (Å²) in [7, 11) is -10.1. The summed E-state index contributed by atoms with van der Waals surface area (Å²) in [4.78, 5) is 70.2. The largest absolute Gasteiger partial charge is 0.472 e. The van der Waals surface area contributed by atoms with Crippen LogP contribution in [0, 0.1) is 0 Å². The molecule has 2 unspecified atom stereocenters. The number of nitrogen functional groups attached to an aromatic ring is 2. The number of aromatic nitrogens is 6. The molecule has 6 heterocycles. The first-order valence-electron chi connectivity index (χ1n) is 14.3. The predicted molar refractivity (Wildman–Crippen MR) is 164 cm³/mol. The number of carbonyl (C=O) groups excluding carboxylic acids is 1. The van der Waals surface area contributed by atoms with Gasteiger partial charge in [-0.05, 0) is 6.07 Å². The van der Waals surface area contributed by atoms with E-state index in [4.69, 9.17) is 34.7 Å². The van der Waals surface area contributed by atoms with Crippen LogP contribution in [0.5, 0.6) is 0 Å². The zero-order valence-electron chi connectivity index (χ0n) is 25.0. The lowest BCUT2D eigenvalue weighted by atomic mass is 10.1. The maximum atomic E-state index is 13.2. The summed E-state index contributed by atoms with van der Waals surface area (Å²) in [6.45, 7) is -1.57. The molecular formula is C23H31N9O14P2S. The van der Waals surface area contributed by atoms with Crippen LogP contribution < -0.4 is 22.5 Å². The molecule has 3 saturated heterocycles. The van der Waals surface area contributed by atoms with Gasteiger partial charge in [-0.25, -0.2) is 28.9 Å². The molecule has 9 atom stereocenters. The number of anilines is 2. The molecule has 0 saturated carbocycles. The predicted octanol–water partition coefficient (Wildman–Crippen LogP) is -2.02. The third-order valence-electron chi connectivity index (χ3n) is 7.64. The van der Waals surface area contributed by atoms with Crippen molar-refractivity contribution < 1.29 is 61.5 Å². The Hall–Kier alpha value is -3.09. The first-order chi connectivity index (χ1) is 23.2. The van der Waals surface area contributed by atoms with Crippen LogP contribution in [0.25, 0.3) is 11.2 Å². The number of ether oxygens (including phenoxy) is 3. The third-order valence-corrected chi connectivity index (χ3v) is 10.1. The van der Waals surface area contributed by atoms with Gasteiger partial charge in [-0.1, -0.05) is 0 Å². The van der Waals surface area contributed by atoms with E-state index in [2.05, 4.69) is 29.8 Å². The van der Waals surface area contributed by atoms with Gasteiger partial charge in [0.15, 0.2) is 23.8 Å². The molecule has 3 aliphatic heterocycles. The first kappa shape index (κ1) is 35.7. The summed E-state index contributed by atoms with van der Waals surface area (Å²) in [5, 5.41) is 14.3. The lowest BCUT2D eigenvalue weighted by molar-refractivity contribution is -0.158. The zero-order chi connectivity index (χ0) is 35.1. The molecular weight excluding hydrogens is 720 g/mol. The number of hydrogen-bond donors (Lipinski definition) is 7. The highest BCUT2D eigenvalue weighted by atomic mass is 32.2. The van der Waals surface area contributed by atoms with Gasteiger partial charge in [0.25, 0.3) is 0 Å². The van der Waals surface area contributed by atoms with E-state index in [0.717, 1.165) is 4.57 Å². The summed E-state index contributed by atoms with van der Waals surface area (Å²) in [5.74, 6) is 0.182. The van der Waals surface area contributed by atoms with Gasteiger partial charge in [0.2, 0.25) is 0 Å². The maximum absolute atomic E-state index is 13.2. The SMILES string of the molecule is Nc1ccn([C@H]2C[C@H](OP(=O)(O)OC[C@@H]3O[C@@H](n4cnc5c(N)ncnc54)[C@H](O)[C@@H]3OC(=O)C3CSCN3)[C@H](COP(=O)(O)O)O2)c(=O)n1. The standard InChI is InChI=1S/C23H31N9O14P2S/c24-14-1-2-31(23(35)30-14)15-3-11(12(43-15)4-41-47(36,37)38)46-48(39,40)42-5-13-18(45-22(34)10-6-49-9-29-10)17(33)21(44-13)32-8-28-16-19(25)26-7-27-20(16)32/h1-2,7-8,10-13,15,17-18,21,29,33H,3-6,9H2,(H,39,40)(H2,24,30,35)(H2,25,26,27)(H2,36,37,38)/t10?,11-,12-,13-,15+,17+,18+,21+/m0/s1. The lowest BCUT2D eigenvalue weighted by Crippen LogP contribution is -2.43. The van der Waals surface area contributed by atoms with Gasteiger partial charge in [-0.3, -0.25) is 32.8 Å². The zero-order valence-corrected chi connectivity index (χ0v) is 27.6. The van der Waals surface area contributed by atoms with Crippen LogP contribution in [-0.4, -0.2) is 116 Å². The molecule has 49 heavy (non-hydrogen) atoms. The second-order valence-electron chi connectivity index (χ2n) is 10.9. The highest BCUT2D eigenvalue weighted by Gasteiger charge is 2.50. The van der Waals surface area contributed by atoms with Crippen molar-refractivity contribution >= 4 is 56.2 Å². The van der Waals surface area contributed by atoms with Gasteiger partial charge < -0.3 is 45.5 Å². The van der Waals surface area contributed by atoms with Crippen molar-refractivity contribution in [3.63, 3.8) is 0 Å². The van der Waals surface area contributed by atoms with E-state index in [0.29, 0.717) is 11.6 Å². The second-order valence-corrected chi connectivity index (χ2v) is 14.6. The number of nitrogens with one attached hydrogen (secondary N) is 1. The summed E-state index contributed by atoms with van der Waals surface area (Å²) < 4.78 is 59.3. The summed E-state index contributed by atoms with van der Waals surface area (Å²) in [6.07, 6.45) is -6.15. The summed E-state index contributed by atoms with van der Waals surface area (Å²) in [5.41, 5.74) is 11.0. The molecule has 6 rings (SSSR count). The van der Waals surface area contributed by atoms with Crippen molar-refractivity contribution in [3.8, 4) is 0 Å². The van der Waals surface area contributed by atoms with E-state index < -0.39 is 89.5 Å². The number of hydrogen-bond acceptors (Lipinski definition) is 19. The molecule has 0 bridgehead atoms. The van der Waals surface area contributed by atoms with Gasteiger partial charge in [-0.15, -0.1) is 11.8 Å². The summed E-state index contributed by atoms with van der Waals surface area (Å²) >= 11 is 1.46. The molecule has 23 nitrogen and oxygen atoms in total. The van der Waals surface area contributed by atoms with Gasteiger partial charge in [0.05, 0.1) is 19.5 Å². The number of aliphatic hydroxyl groups excluding tert-OH is 1. The number of esters is 1. The Kier molecular flexibility index (Phi) is 10.4. The van der Waals surface area contributed by atoms with Crippen LogP contribution in [0.4, 0.5) is 11.6 Å². The average molecular weight is 752 g/mol. The molecule has 0 amide bonds. The highest BCUT2D eigenvalue weighted by Crippen LogP contribution is 2.50.